The monoisotopic (exact) mass is 732 g/mol. The quantitative estimate of drug-likeness (QED) is 0.0868. The minimum atomic E-state index is -0.234. The summed E-state index contributed by atoms with van der Waals surface area (Å²) in [6, 6.07) is 19.6. The molecule has 0 aliphatic heterocycles. The molecule has 1 aliphatic rings. The smallest absolute Gasteiger partial charge is 0.302 e. The average Bonchev–Trinajstić information content (AvgIpc) is 3.05. The lowest BCUT2D eigenvalue weighted by molar-refractivity contribution is -0.141. The molecule has 0 saturated heterocycles. The molecule has 1 fully saturated rings. The number of benzene rings is 3. The zero-order valence-corrected chi connectivity index (χ0v) is 30.0. The topological polar surface area (TPSA) is 96.7 Å². The summed E-state index contributed by atoms with van der Waals surface area (Å²) in [4.78, 5) is 25.9. The van der Waals surface area contributed by atoms with Crippen molar-refractivity contribution in [1.29, 1.82) is 0 Å². The fourth-order valence-corrected chi connectivity index (χ4v) is 6.48. The zero-order chi connectivity index (χ0) is 33.3. The summed E-state index contributed by atoms with van der Waals surface area (Å²) in [5.74, 6) is -0.301. The number of nitrogens with one attached hydrogen (secondary N) is 2. The van der Waals surface area contributed by atoms with Gasteiger partial charge in [0, 0.05) is 41.8 Å². The molecule has 7 nitrogen and oxygen atoms in total. The number of hydrogen-bond donors (Lipinski definition) is 3. The highest BCUT2D eigenvalue weighted by Gasteiger charge is 2.22. The molecule has 1 aliphatic carbocycles. The molecule has 0 spiro atoms. The molecule has 0 unspecified atom stereocenters. The fourth-order valence-electron chi connectivity index (χ4n) is 5.48. The predicted octanol–water partition coefficient (Wildman–Crippen LogP) is 9.78. The molecule has 250 valence electrons. The summed E-state index contributed by atoms with van der Waals surface area (Å²) in [5.41, 5.74) is 10.4. The van der Waals surface area contributed by atoms with Crippen LogP contribution in [-0.4, -0.2) is 42.5 Å². The molecule has 4 rings (SSSR count). The van der Waals surface area contributed by atoms with Crippen LogP contribution >= 0.6 is 39.1 Å². The van der Waals surface area contributed by atoms with Crippen molar-refractivity contribution in [2.75, 3.05) is 30.7 Å². The first kappa shape index (κ1) is 37.7. The fraction of sp³-hybridized carbons (Fsp3) is 0.444. The molecule has 4 N–H and O–H groups in total. The van der Waals surface area contributed by atoms with Crippen LogP contribution in [0.15, 0.2) is 65.1 Å². The lowest BCUT2D eigenvalue weighted by Crippen LogP contribution is -2.36. The standard InChI is InChI=1S/C24H38BrN3O3.C12H9Cl2N/c1-3-28(21-11-7-6-8-12-21)17-20-15-19(16-22(25)23(20)26)24(30)27-13-9-4-5-10-14-31-18(2)29;13-10-7-4-8-11(14)12(10)15-9-5-2-1-3-6-9/h15-16,21H,3-14,17,26H2,1-2H3,(H,27,30);1-8,15H. The second-order valence-electron chi connectivity index (χ2n) is 11.5. The van der Waals surface area contributed by atoms with Gasteiger partial charge in [0.25, 0.3) is 5.91 Å². The Morgan fingerprint density at radius 3 is 2.28 bits per heavy atom. The van der Waals surface area contributed by atoms with Crippen molar-refractivity contribution in [3.05, 3.63) is 86.3 Å². The van der Waals surface area contributed by atoms with Crippen LogP contribution in [0.2, 0.25) is 10.0 Å². The van der Waals surface area contributed by atoms with E-state index >= 15 is 0 Å². The lowest BCUT2D eigenvalue weighted by Gasteiger charge is -2.34. The molecule has 0 bridgehead atoms. The largest absolute Gasteiger partial charge is 0.466 e. The molecule has 0 radical (unpaired) electrons. The SMILES string of the molecule is CCN(Cc1cc(C(=O)NCCCCCCOC(C)=O)cc(Br)c1N)C1CCCCC1.Clc1cccc(Cl)c1Nc1ccccc1. The van der Waals surface area contributed by atoms with E-state index in [4.69, 9.17) is 33.7 Å². The third kappa shape index (κ3) is 12.8. The number of para-hydroxylation sites is 2. The highest BCUT2D eigenvalue weighted by molar-refractivity contribution is 9.10. The van der Waals surface area contributed by atoms with Gasteiger partial charge in [-0.25, -0.2) is 0 Å². The van der Waals surface area contributed by atoms with Gasteiger partial charge in [-0.3, -0.25) is 14.5 Å². The average molecular weight is 735 g/mol. The molecule has 10 heteroatoms. The number of anilines is 3. The Labute approximate surface area is 292 Å². The summed E-state index contributed by atoms with van der Waals surface area (Å²) in [6.07, 6.45) is 10.2. The van der Waals surface area contributed by atoms with E-state index in [-0.39, 0.29) is 11.9 Å². The van der Waals surface area contributed by atoms with Gasteiger partial charge in [0.05, 0.1) is 28.0 Å². The molecule has 3 aromatic carbocycles. The van der Waals surface area contributed by atoms with E-state index in [1.165, 1.54) is 39.0 Å². The number of unbranched alkanes of at least 4 members (excludes halogenated alkanes) is 3. The molecule has 1 amide bonds. The minimum absolute atomic E-state index is 0.0671. The van der Waals surface area contributed by atoms with Crippen molar-refractivity contribution in [3.63, 3.8) is 0 Å². The molecule has 3 aromatic rings. The molecule has 0 heterocycles. The van der Waals surface area contributed by atoms with Crippen LogP contribution in [-0.2, 0) is 16.1 Å². The third-order valence-corrected chi connectivity index (χ3v) is 9.30. The number of amides is 1. The number of carbonyl (C=O) groups is 2. The number of nitrogens with zero attached hydrogens (tertiary/aromatic N) is 1. The summed E-state index contributed by atoms with van der Waals surface area (Å²) in [7, 11) is 0. The van der Waals surface area contributed by atoms with Gasteiger partial charge in [0.15, 0.2) is 0 Å². The number of rotatable bonds is 14. The van der Waals surface area contributed by atoms with Crippen molar-refractivity contribution in [2.24, 2.45) is 0 Å². The Kier molecular flexibility index (Phi) is 16.8. The molecule has 0 aromatic heterocycles. The Bertz CT molecular complexity index is 1370. The number of halogens is 3. The third-order valence-electron chi connectivity index (χ3n) is 8.02. The number of ether oxygens (including phenoxy) is 1. The van der Waals surface area contributed by atoms with E-state index in [0.29, 0.717) is 34.8 Å². The number of carbonyl (C=O) groups excluding carboxylic acids is 2. The first-order valence-electron chi connectivity index (χ1n) is 16.2. The number of esters is 1. The second kappa shape index (κ2) is 20.5. The molecule has 46 heavy (non-hydrogen) atoms. The van der Waals surface area contributed by atoms with Gasteiger partial charge in [-0.15, -0.1) is 0 Å². The Morgan fingerprint density at radius 2 is 1.63 bits per heavy atom. The maximum atomic E-state index is 12.7. The first-order valence-corrected chi connectivity index (χ1v) is 17.7. The molecule has 1 saturated carbocycles. The van der Waals surface area contributed by atoms with Gasteiger partial charge >= 0.3 is 5.97 Å². The maximum absolute atomic E-state index is 12.7. The number of nitrogens with two attached hydrogens (primary N) is 1. The lowest BCUT2D eigenvalue weighted by atomic mass is 9.93. The van der Waals surface area contributed by atoms with Crippen molar-refractivity contribution in [1.82, 2.24) is 10.2 Å². The van der Waals surface area contributed by atoms with E-state index in [0.717, 1.165) is 65.9 Å². The minimum Gasteiger partial charge on any atom is -0.466 e. The summed E-state index contributed by atoms with van der Waals surface area (Å²) in [5, 5.41) is 7.42. The predicted molar refractivity (Wildman–Crippen MR) is 195 cm³/mol. The Hall–Kier alpha value is -2.78. The van der Waals surface area contributed by atoms with E-state index in [9.17, 15) is 9.59 Å². The van der Waals surface area contributed by atoms with Crippen LogP contribution in [0.1, 0.15) is 87.6 Å². The molecular formula is C36H47BrCl2N4O3. The van der Waals surface area contributed by atoms with Gasteiger partial charge in [-0.1, -0.05) is 80.1 Å². The van der Waals surface area contributed by atoms with E-state index in [1.54, 1.807) is 12.1 Å². The highest BCUT2D eigenvalue weighted by atomic mass is 79.9. The van der Waals surface area contributed by atoms with Crippen LogP contribution < -0.4 is 16.4 Å². The van der Waals surface area contributed by atoms with Gasteiger partial charge < -0.3 is 21.1 Å². The van der Waals surface area contributed by atoms with Crippen molar-refractivity contribution in [2.45, 2.75) is 84.2 Å². The van der Waals surface area contributed by atoms with Crippen LogP contribution in [0, 0.1) is 0 Å². The maximum Gasteiger partial charge on any atom is 0.302 e. The second-order valence-corrected chi connectivity index (χ2v) is 13.2. The summed E-state index contributed by atoms with van der Waals surface area (Å²) >= 11 is 15.6. The Morgan fingerprint density at radius 1 is 0.957 bits per heavy atom. The summed E-state index contributed by atoms with van der Waals surface area (Å²) < 4.78 is 5.70. The van der Waals surface area contributed by atoms with E-state index in [1.807, 2.05) is 48.5 Å². The van der Waals surface area contributed by atoms with Crippen molar-refractivity contribution in [3.8, 4) is 0 Å². The van der Waals surface area contributed by atoms with Gasteiger partial charge in [-0.05, 0) is 96.5 Å². The normalized spacial score (nSPS) is 13.1. The van der Waals surface area contributed by atoms with Crippen LogP contribution in [0.4, 0.5) is 17.1 Å². The Balaban J connectivity index is 0.000000318. The number of nitrogen functional groups attached to an aromatic ring is 1. The van der Waals surface area contributed by atoms with Gasteiger partial charge in [-0.2, -0.15) is 0 Å². The highest BCUT2D eigenvalue weighted by Crippen LogP contribution is 2.32. The van der Waals surface area contributed by atoms with Crippen LogP contribution in [0.25, 0.3) is 0 Å². The first-order chi connectivity index (χ1) is 22.2. The van der Waals surface area contributed by atoms with Gasteiger partial charge in [0.1, 0.15) is 0 Å². The molecule has 0 atom stereocenters. The number of hydrogen-bond acceptors (Lipinski definition) is 6. The van der Waals surface area contributed by atoms with Gasteiger partial charge in [0.2, 0.25) is 0 Å². The zero-order valence-electron chi connectivity index (χ0n) is 26.9. The van der Waals surface area contributed by atoms with Crippen molar-refractivity contribution < 1.29 is 14.3 Å². The molecular weight excluding hydrogens is 687 g/mol. The van der Waals surface area contributed by atoms with Crippen LogP contribution in [0.5, 0.6) is 0 Å². The van der Waals surface area contributed by atoms with Crippen LogP contribution in [0.3, 0.4) is 0 Å². The van der Waals surface area contributed by atoms with E-state index < -0.39 is 0 Å². The van der Waals surface area contributed by atoms with E-state index in [2.05, 4.69) is 38.4 Å². The summed E-state index contributed by atoms with van der Waals surface area (Å²) in [6.45, 7) is 6.48. The van der Waals surface area contributed by atoms with Crippen molar-refractivity contribution >= 4 is 68.1 Å².